The number of carbonyl (C=O) groups excluding carboxylic acids is 2. The molecule has 114 valence electrons. The second-order valence-electron chi connectivity index (χ2n) is 5.83. The Kier molecular flexibility index (Phi) is 5.02. The highest BCUT2D eigenvalue weighted by Crippen LogP contribution is 2.33. The van der Waals surface area contributed by atoms with Crippen LogP contribution < -0.4 is 5.32 Å². The molecular weight excluding hydrogens is 256 g/mol. The van der Waals surface area contributed by atoms with Crippen molar-refractivity contribution >= 4 is 11.9 Å². The van der Waals surface area contributed by atoms with Crippen molar-refractivity contribution in [3.63, 3.8) is 0 Å². The molecule has 0 aromatic heterocycles. The molecule has 1 aliphatic carbocycles. The van der Waals surface area contributed by atoms with Crippen LogP contribution in [-0.4, -0.2) is 48.1 Å². The van der Waals surface area contributed by atoms with Crippen LogP contribution in [-0.2, 0) is 14.3 Å². The van der Waals surface area contributed by atoms with Gasteiger partial charge in [-0.15, -0.1) is 0 Å². The minimum atomic E-state index is -0.441. The molecule has 1 atom stereocenters. The summed E-state index contributed by atoms with van der Waals surface area (Å²) in [4.78, 5) is 26.4. The van der Waals surface area contributed by atoms with Crippen molar-refractivity contribution in [3.8, 4) is 0 Å². The van der Waals surface area contributed by atoms with Gasteiger partial charge in [-0.1, -0.05) is 13.3 Å². The zero-order valence-electron chi connectivity index (χ0n) is 12.6. The predicted molar refractivity (Wildman–Crippen MR) is 76.2 cm³/mol. The number of esters is 1. The fourth-order valence-electron chi connectivity index (χ4n) is 3.11. The normalized spacial score (nSPS) is 25.5. The van der Waals surface area contributed by atoms with Gasteiger partial charge in [0, 0.05) is 6.04 Å². The molecule has 1 amide bonds. The summed E-state index contributed by atoms with van der Waals surface area (Å²) in [5, 5.41) is 3.40. The van der Waals surface area contributed by atoms with Crippen molar-refractivity contribution in [1.82, 2.24) is 10.2 Å². The van der Waals surface area contributed by atoms with Gasteiger partial charge in [0.1, 0.15) is 6.54 Å². The number of nitrogens with one attached hydrogen (secondary N) is 1. The maximum atomic E-state index is 12.9. The van der Waals surface area contributed by atoms with Gasteiger partial charge < -0.3 is 15.0 Å². The van der Waals surface area contributed by atoms with E-state index in [9.17, 15) is 9.59 Å². The average molecular weight is 282 g/mol. The van der Waals surface area contributed by atoms with Gasteiger partial charge in [-0.3, -0.25) is 9.59 Å². The van der Waals surface area contributed by atoms with Gasteiger partial charge in [0.15, 0.2) is 0 Å². The smallest absolute Gasteiger partial charge is 0.325 e. The second-order valence-corrected chi connectivity index (χ2v) is 5.83. The summed E-state index contributed by atoms with van der Waals surface area (Å²) in [5.74, 6) is -0.190. The third-order valence-electron chi connectivity index (χ3n) is 4.18. The standard InChI is InChI=1S/C15H26N2O3/c1-3-8-15(9-5-10-16-15)14(19)17(12-6-7-12)11-13(18)20-4-2/h12,16H,3-11H2,1-2H3. The summed E-state index contributed by atoms with van der Waals surface area (Å²) in [7, 11) is 0. The molecule has 1 unspecified atom stereocenters. The fraction of sp³-hybridized carbons (Fsp3) is 0.867. The first-order valence-electron chi connectivity index (χ1n) is 7.84. The zero-order valence-corrected chi connectivity index (χ0v) is 12.6. The molecule has 0 aromatic rings. The number of ether oxygens (including phenoxy) is 1. The number of carbonyl (C=O) groups is 2. The lowest BCUT2D eigenvalue weighted by Gasteiger charge is -2.34. The van der Waals surface area contributed by atoms with E-state index < -0.39 is 5.54 Å². The molecule has 1 heterocycles. The van der Waals surface area contributed by atoms with Crippen molar-refractivity contribution in [3.05, 3.63) is 0 Å². The van der Waals surface area contributed by atoms with Gasteiger partial charge in [-0.2, -0.15) is 0 Å². The minimum Gasteiger partial charge on any atom is -0.465 e. The van der Waals surface area contributed by atoms with Gasteiger partial charge in [0.05, 0.1) is 12.1 Å². The quantitative estimate of drug-likeness (QED) is 0.718. The van der Waals surface area contributed by atoms with Crippen molar-refractivity contribution < 1.29 is 14.3 Å². The zero-order chi connectivity index (χ0) is 14.6. The molecule has 1 saturated heterocycles. The maximum Gasteiger partial charge on any atom is 0.325 e. The first-order valence-corrected chi connectivity index (χ1v) is 7.84. The van der Waals surface area contributed by atoms with Gasteiger partial charge in [0.25, 0.3) is 0 Å². The topological polar surface area (TPSA) is 58.6 Å². The van der Waals surface area contributed by atoms with Crippen molar-refractivity contribution in [2.24, 2.45) is 0 Å². The third-order valence-corrected chi connectivity index (χ3v) is 4.18. The Hall–Kier alpha value is -1.10. The molecule has 1 aliphatic heterocycles. The predicted octanol–water partition coefficient (Wildman–Crippen LogP) is 1.46. The van der Waals surface area contributed by atoms with Crippen LogP contribution in [0.4, 0.5) is 0 Å². The van der Waals surface area contributed by atoms with Crippen LogP contribution in [0.15, 0.2) is 0 Å². The highest BCUT2D eigenvalue weighted by atomic mass is 16.5. The Morgan fingerprint density at radius 2 is 2.10 bits per heavy atom. The largest absolute Gasteiger partial charge is 0.465 e. The van der Waals surface area contributed by atoms with E-state index in [0.29, 0.717) is 6.61 Å². The number of amides is 1. The number of hydrogen-bond donors (Lipinski definition) is 1. The molecule has 2 rings (SSSR count). The molecule has 1 saturated carbocycles. The lowest BCUT2D eigenvalue weighted by molar-refractivity contribution is -0.151. The van der Waals surface area contributed by atoms with Gasteiger partial charge in [-0.25, -0.2) is 0 Å². The summed E-state index contributed by atoms with van der Waals surface area (Å²) < 4.78 is 5.00. The van der Waals surface area contributed by atoms with E-state index in [1.807, 2.05) is 0 Å². The molecule has 2 fully saturated rings. The SMILES string of the molecule is CCCC1(C(=O)N(CC(=O)OCC)C2CC2)CCCN1. The molecule has 1 N–H and O–H groups in total. The molecule has 5 heteroatoms. The highest BCUT2D eigenvalue weighted by Gasteiger charge is 2.46. The van der Waals surface area contributed by atoms with E-state index in [4.69, 9.17) is 4.74 Å². The number of rotatable bonds is 7. The molecular formula is C15H26N2O3. The lowest BCUT2D eigenvalue weighted by Crippen LogP contribution is -2.56. The molecule has 0 aromatic carbocycles. The van der Waals surface area contributed by atoms with Crippen molar-refractivity contribution in [1.29, 1.82) is 0 Å². The van der Waals surface area contributed by atoms with Crippen LogP contribution in [0, 0.1) is 0 Å². The molecule has 0 bridgehead atoms. The second kappa shape index (κ2) is 6.57. The Balaban J connectivity index is 2.07. The van der Waals surface area contributed by atoms with Crippen LogP contribution in [0.5, 0.6) is 0 Å². The summed E-state index contributed by atoms with van der Waals surface area (Å²) >= 11 is 0. The Morgan fingerprint density at radius 1 is 1.35 bits per heavy atom. The summed E-state index contributed by atoms with van der Waals surface area (Å²) in [6.07, 6.45) is 5.74. The monoisotopic (exact) mass is 282 g/mol. The van der Waals surface area contributed by atoms with Crippen LogP contribution in [0.1, 0.15) is 52.4 Å². The van der Waals surface area contributed by atoms with E-state index in [1.54, 1.807) is 11.8 Å². The Morgan fingerprint density at radius 3 is 2.60 bits per heavy atom. The summed E-state index contributed by atoms with van der Waals surface area (Å²) in [6.45, 7) is 5.25. The van der Waals surface area contributed by atoms with Crippen LogP contribution >= 0.6 is 0 Å². The van der Waals surface area contributed by atoms with Crippen LogP contribution in [0.3, 0.4) is 0 Å². The van der Waals surface area contributed by atoms with Crippen LogP contribution in [0.2, 0.25) is 0 Å². The number of nitrogens with zero attached hydrogens (tertiary/aromatic N) is 1. The lowest BCUT2D eigenvalue weighted by atomic mass is 9.90. The summed E-state index contributed by atoms with van der Waals surface area (Å²) in [5.41, 5.74) is -0.441. The molecule has 20 heavy (non-hydrogen) atoms. The fourth-order valence-corrected chi connectivity index (χ4v) is 3.11. The third kappa shape index (κ3) is 3.32. The van der Waals surface area contributed by atoms with E-state index >= 15 is 0 Å². The maximum absolute atomic E-state index is 12.9. The average Bonchev–Trinajstić information content (AvgIpc) is 3.16. The number of hydrogen-bond acceptors (Lipinski definition) is 4. The van der Waals surface area contributed by atoms with Crippen molar-refractivity contribution in [2.45, 2.75) is 64.0 Å². The van der Waals surface area contributed by atoms with Gasteiger partial charge in [0.2, 0.25) is 5.91 Å². The Bertz CT molecular complexity index is 360. The van der Waals surface area contributed by atoms with E-state index in [1.165, 1.54) is 0 Å². The molecule has 0 spiro atoms. The highest BCUT2D eigenvalue weighted by molar-refractivity contribution is 5.90. The molecule has 0 radical (unpaired) electrons. The molecule has 5 nitrogen and oxygen atoms in total. The van der Waals surface area contributed by atoms with E-state index in [0.717, 1.165) is 45.1 Å². The molecule has 2 aliphatic rings. The Labute approximate surface area is 121 Å². The van der Waals surface area contributed by atoms with Gasteiger partial charge >= 0.3 is 5.97 Å². The van der Waals surface area contributed by atoms with Crippen molar-refractivity contribution in [2.75, 3.05) is 19.7 Å². The van der Waals surface area contributed by atoms with E-state index in [-0.39, 0.29) is 24.5 Å². The van der Waals surface area contributed by atoms with Crippen LogP contribution in [0.25, 0.3) is 0 Å². The first-order chi connectivity index (χ1) is 9.63. The summed E-state index contributed by atoms with van der Waals surface area (Å²) in [6, 6.07) is 0.239. The van der Waals surface area contributed by atoms with Gasteiger partial charge in [-0.05, 0) is 45.6 Å². The first kappa shape index (κ1) is 15.3. The minimum absolute atomic E-state index is 0.102. The van der Waals surface area contributed by atoms with E-state index in [2.05, 4.69) is 12.2 Å².